The molecule has 0 amide bonds. The quantitative estimate of drug-likeness (QED) is 0.204. The Balaban J connectivity index is 2.04. The van der Waals surface area contributed by atoms with Gasteiger partial charge in [0.05, 0.1) is 5.92 Å². The number of hydrogen-bond donors (Lipinski definition) is 0. The summed E-state index contributed by atoms with van der Waals surface area (Å²) in [4.78, 5) is 12.1. The molecule has 25 heavy (non-hydrogen) atoms. The Bertz CT molecular complexity index is 447. The fraction of sp³-hybridized carbons (Fsp3) is 0.682. The molecule has 142 valence electrons. The summed E-state index contributed by atoms with van der Waals surface area (Å²) in [5.41, 5.74) is 0. The van der Waals surface area contributed by atoms with Crippen molar-refractivity contribution in [2.75, 3.05) is 5.75 Å². The SMILES string of the molecule is CCCCCCCCCCC(C)SCC(C)C(=O)Oc1ccccc1. The highest BCUT2D eigenvalue weighted by Gasteiger charge is 2.16. The van der Waals surface area contributed by atoms with E-state index in [9.17, 15) is 4.79 Å². The normalized spacial score (nSPS) is 13.4. The highest BCUT2D eigenvalue weighted by Crippen LogP contribution is 2.22. The predicted octanol–water partition coefficient (Wildman–Crippen LogP) is 6.88. The molecule has 0 fully saturated rings. The number of unbranched alkanes of at least 4 members (excludes halogenated alkanes) is 7. The number of hydrogen-bond acceptors (Lipinski definition) is 3. The van der Waals surface area contributed by atoms with Gasteiger partial charge < -0.3 is 4.74 Å². The van der Waals surface area contributed by atoms with Crippen molar-refractivity contribution in [3.05, 3.63) is 30.3 Å². The highest BCUT2D eigenvalue weighted by molar-refractivity contribution is 7.99. The first-order valence-corrected chi connectivity index (χ1v) is 11.1. The van der Waals surface area contributed by atoms with Gasteiger partial charge in [-0.2, -0.15) is 11.8 Å². The standard InChI is InChI=1S/C22H36O2S/c1-4-5-6-7-8-9-10-12-15-20(3)25-18-19(2)22(23)24-21-16-13-11-14-17-21/h11,13-14,16-17,19-20H,4-10,12,15,18H2,1-3H3. The van der Waals surface area contributed by atoms with Crippen molar-refractivity contribution < 1.29 is 9.53 Å². The van der Waals surface area contributed by atoms with Gasteiger partial charge in [-0.3, -0.25) is 4.79 Å². The molecule has 3 heteroatoms. The second-order valence-corrected chi connectivity index (χ2v) is 8.51. The van der Waals surface area contributed by atoms with Crippen LogP contribution < -0.4 is 4.74 Å². The third-order valence-corrected chi connectivity index (χ3v) is 5.96. The number of thioether (sulfide) groups is 1. The number of para-hydroxylation sites is 1. The zero-order valence-electron chi connectivity index (χ0n) is 16.3. The van der Waals surface area contributed by atoms with E-state index in [0.717, 1.165) is 5.75 Å². The Morgan fingerprint density at radius 1 is 0.960 bits per heavy atom. The summed E-state index contributed by atoms with van der Waals surface area (Å²) in [5.74, 6) is 1.28. The van der Waals surface area contributed by atoms with Crippen LogP contribution in [0.25, 0.3) is 0 Å². The molecule has 0 spiro atoms. The van der Waals surface area contributed by atoms with Crippen LogP contribution in [0.5, 0.6) is 5.75 Å². The van der Waals surface area contributed by atoms with Crippen molar-refractivity contribution in [3.63, 3.8) is 0 Å². The summed E-state index contributed by atoms with van der Waals surface area (Å²) in [5, 5.41) is 0.618. The van der Waals surface area contributed by atoms with Crippen molar-refractivity contribution >= 4 is 17.7 Å². The van der Waals surface area contributed by atoms with Gasteiger partial charge in [-0.25, -0.2) is 0 Å². The minimum atomic E-state index is -0.127. The van der Waals surface area contributed by atoms with Crippen LogP contribution in [0.3, 0.4) is 0 Å². The molecule has 0 aliphatic rings. The third-order valence-electron chi connectivity index (χ3n) is 4.46. The van der Waals surface area contributed by atoms with Crippen LogP contribution in [-0.2, 0) is 4.79 Å². The molecular weight excluding hydrogens is 328 g/mol. The van der Waals surface area contributed by atoms with Crippen molar-refractivity contribution in [2.45, 2.75) is 83.8 Å². The Kier molecular flexibility index (Phi) is 12.6. The van der Waals surface area contributed by atoms with E-state index in [1.807, 2.05) is 49.0 Å². The van der Waals surface area contributed by atoms with Gasteiger partial charge in [0.15, 0.2) is 0 Å². The van der Waals surface area contributed by atoms with Gasteiger partial charge in [-0.1, -0.05) is 90.3 Å². The molecule has 1 aromatic carbocycles. The Labute approximate surface area is 159 Å². The summed E-state index contributed by atoms with van der Waals surface area (Å²) in [6, 6.07) is 9.33. The fourth-order valence-corrected chi connectivity index (χ4v) is 3.82. The second kappa shape index (κ2) is 14.2. The summed E-state index contributed by atoms with van der Waals surface area (Å²) in [6.45, 7) is 6.50. The largest absolute Gasteiger partial charge is 0.426 e. The number of esters is 1. The summed E-state index contributed by atoms with van der Waals surface area (Å²) >= 11 is 1.90. The van der Waals surface area contributed by atoms with E-state index >= 15 is 0 Å². The maximum absolute atomic E-state index is 12.1. The van der Waals surface area contributed by atoms with E-state index in [-0.39, 0.29) is 11.9 Å². The van der Waals surface area contributed by atoms with Crippen molar-refractivity contribution in [1.82, 2.24) is 0 Å². The smallest absolute Gasteiger partial charge is 0.314 e. The van der Waals surface area contributed by atoms with Crippen LogP contribution in [0.2, 0.25) is 0 Å². The molecule has 2 atom stereocenters. The Hall–Kier alpha value is -0.960. The van der Waals surface area contributed by atoms with Crippen molar-refractivity contribution in [1.29, 1.82) is 0 Å². The fourth-order valence-electron chi connectivity index (χ4n) is 2.73. The van der Waals surface area contributed by atoms with Gasteiger partial charge in [-0.15, -0.1) is 0 Å². The van der Waals surface area contributed by atoms with Gasteiger partial charge >= 0.3 is 5.97 Å². The van der Waals surface area contributed by atoms with Gasteiger partial charge in [0.2, 0.25) is 0 Å². The van der Waals surface area contributed by atoms with Crippen LogP contribution in [0, 0.1) is 5.92 Å². The van der Waals surface area contributed by atoms with Crippen LogP contribution >= 0.6 is 11.8 Å². The average molecular weight is 365 g/mol. The van der Waals surface area contributed by atoms with Gasteiger partial charge in [0.1, 0.15) is 5.75 Å². The van der Waals surface area contributed by atoms with E-state index < -0.39 is 0 Å². The molecule has 1 aromatic rings. The zero-order valence-corrected chi connectivity index (χ0v) is 17.2. The molecule has 0 aliphatic heterocycles. The summed E-state index contributed by atoms with van der Waals surface area (Å²) in [6.07, 6.45) is 12.2. The van der Waals surface area contributed by atoms with E-state index in [0.29, 0.717) is 11.0 Å². The molecule has 2 unspecified atom stereocenters. The lowest BCUT2D eigenvalue weighted by Gasteiger charge is -2.15. The Morgan fingerprint density at radius 2 is 1.56 bits per heavy atom. The van der Waals surface area contributed by atoms with E-state index in [1.54, 1.807) is 0 Å². The molecule has 0 radical (unpaired) electrons. The monoisotopic (exact) mass is 364 g/mol. The minimum absolute atomic E-state index is 0.0637. The molecular formula is C22H36O2S. The topological polar surface area (TPSA) is 26.3 Å². The minimum Gasteiger partial charge on any atom is -0.426 e. The first kappa shape index (κ1) is 22.1. The third kappa shape index (κ3) is 11.3. The van der Waals surface area contributed by atoms with Crippen molar-refractivity contribution in [2.24, 2.45) is 5.92 Å². The predicted molar refractivity (Wildman–Crippen MR) is 110 cm³/mol. The molecule has 0 aromatic heterocycles. The molecule has 2 nitrogen and oxygen atoms in total. The molecule has 1 rings (SSSR count). The van der Waals surface area contributed by atoms with Crippen LogP contribution in [0.1, 0.15) is 78.6 Å². The van der Waals surface area contributed by atoms with E-state index in [4.69, 9.17) is 4.74 Å². The van der Waals surface area contributed by atoms with Gasteiger partial charge in [-0.05, 0) is 18.6 Å². The van der Waals surface area contributed by atoms with Crippen molar-refractivity contribution in [3.8, 4) is 5.75 Å². The molecule has 0 N–H and O–H groups in total. The molecule has 0 saturated heterocycles. The summed E-state index contributed by atoms with van der Waals surface area (Å²) in [7, 11) is 0. The second-order valence-electron chi connectivity index (χ2n) is 7.04. The van der Waals surface area contributed by atoms with Crippen LogP contribution in [0.15, 0.2) is 30.3 Å². The first-order chi connectivity index (χ1) is 12.1. The lowest BCUT2D eigenvalue weighted by molar-refractivity contribution is -0.137. The van der Waals surface area contributed by atoms with Crippen LogP contribution in [-0.4, -0.2) is 17.0 Å². The van der Waals surface area contributed by atoms with Crippen LogP contribution in [0.4, 0.5) is 0 Å². The molecule has 0 aliphatic carbocycles. The number of carbonyl (C=O) groups is 1. The highest BCUT2D eigenvalue weighted by atomic mass is 32.2. The van der Waals surface area contributed by atoms with Gasteiger partial charge in [0, 0.05) is 11.0 Å². The first-order valence-electron chi connectivity index (χ1n) is 10.0. The Morgan fingerprint density at radius 3 is 2.20 bits per heavy atom. The molecule has 0 bridgehead atoms. The number of benzene rings is 1. The van der Waals surface area contributed by atoms with Gasteiger partial charge in [0.25, 0.3) is 0 Å². The zero-order chi connectivity index (χ0) is 18.3. The van der Waals surface area contributed by atoms with E-state index in [1.165, 1.54) is 57.8 Å². The average Bonchev–Trinajstić information content (AvgIpc) is 2.62. The number of carbonyl (C=O) groups excluding carboxylic acids is 1. The maximum atomic E-state index is 12.1. The molecule has 0 saturated carbocycles. The number of ether oxygens (including phenoxy) is 1. The lowest BCUT2D eigenvalue weighted by Crippen LogP contribution is -2.20. The maximum Gasteiger partial charge on any atom is 0.314 e. The van der Waals surface area contributed by atoms with E-state index in [2.05, 4.69) is 13.8 Å². The molecule has 0 heterocycles. The lowest BCUT2D eigenvalue weighted by atomic mass is 10.1. The number of rotatable bonds is 14. The summed E-state index contributed by atoms with van der Waals surface area (Å²) < 4.78 is 5.41.